The first kappa shape index (κ1) is 16.2. The van der Waals surface area contributed by atoms with E-state index in [1.54, 1.807) is 37.3 Å². The molecule has 0 unspecified atom stereocenters. The van der Waals surface area contributed by atoms with Gasteiger partial charge in [-0.25, -0.2) is 5.43 Å². The number of phenols is 1. The van der Waals surface area contributed by atoms with Crippen LogP contribution in [0.3, 0.4) is 0 Å². The lowest BCUT2D eigenvalue weighted by Gasteiger charge is -2.06. The lowest BCUT2D eigenvalue weighted by atomic mass is 10.1. The minimum Gasteiger partial charge on any atom is -0.508 e. The zero-order valence-electron chi connectivity index (χ0n) is 12.8. The number of phenolic OH excluding ortho intramolecular Hbond substituents is 1. The van der Waals surface area contributed by atoms with Crippen molar-refractivity contribution in [1.29, 1.82) is 0 Å². The second-order valence-corrected chi connectivity index (χ2v) is 4.95. The molecule has 0 aliphatic heterocycles. The van der Waals surface area contributed by atoms with Gasteiger partial charge in [0.1, 0.15) is 5.75 Å². The molecular formula is C17H17N3O3. The molecule has 3 N–H and O–H groups in total. The van der Waals surface area contributed by atoms with E-state index in [1.165, 1.54) is 19.1 Å². The van der Waals surface area contributed by atoms with Gasteiger partial charge in [0.15, 0.2) is 0 Å². The predicted octanol–water partition coefficient (Wildman–Crippen LogP) is 2.50. The van der Waals surface area contributed by atoms with Gasteiger partial charge in [0.05, 0.1) is 5.71 Å². The normalized spacial score (nSPS) is 11.0. The van der Waals surface area contributed by atoms with Gasteiger partial charge in [-0.1, -0.05) is 18.2 Å². The van der Waals surface area contributed by atoms with E-state index in [9.17, 15) is 14.7 Å². The Morgan fingerprint density at radius 3 is 2.39 bits per heavy atom. The fourth-order valence-electron chi connectivity index (χ4n) is 1.94. The highest BCUT2D eigenvalue weighted by Crippen LogP contribution is 2.12. The van der Waals surface area contributed by atoms with Gasteiger partial charge in [-0.15, -0.1) is 0 Å². The highest BCUT2D eigenvalue weighted by molar-refractivity contribution is 6.02. The Kier molecular flexibility index (Phi) is 5.09. The van der Waals surface area contributed by atoms with Crippen LogP contribution in [0.4, 0.5) is 5.69 Å². The van der Waals surface area contributed by atoms with Crippen molar-refractivity contribution in [3.8, 4) is 5.75 Å². The molecule has 0 heterocycles. The molecule has 0 atom stereocenters. The van der Waals surface area contributed by atoms with Gasteiger partial charge < -0.3 is 10.4 Å². The lowest BCUT2D eigenvalue weighted by molar-refractivity contribution is -0.114. The van der Waals surface area contributed by atoms with Gasteiger partial charge in [-0.2, -0.15) is 5.10 Å². The number of anilines is 1. The van der Waals surface area contributed by atoms with E-state index in [2.05, 4.69) is 15.8 Å². The monoisotopic (exact) mass is 311 g/mol. The SMILES string of the molecule is CC(=O)Nc1cccc(/C(C)=N/NC(=O)c2cccc(O)c2)c1. The number of amides is 2. The van der Waals surface area contributed by atoms with Crippen LogP contribution in [0.25, 0.3) is 0 Å². The predicted molar refractivity (Wildman–Crippen MR) is 88.5 cm³/mol. The summed E-state index contributed by atoms with van der Waals surface area (Å²) >= 11 is 0. The summed E-state index contributed by atoms with van der Waals surface area (Å²) in [5, 5.41) is 16.1. The highest BCUT2D eigenvalue weighted by atomic mass is 16.3. The number of nitrogens with one attached hydrogen (secondary N) is 2. The van der Waals surface area contributed by atoms with Crippen LogP contribution in [0.2, 0.25) is 0 Å². The number of aromatic hydroxyl groups is 1. The summed E-state index contributed by atoms with van der Waals surface area (Å²) in [6.45, 7) is 3.18. The second-order valence-electron chi connectivity index (χ2n) is 4.95. The largest absolute Gasteiger partial charge is 0.508 e. The molecule has 6 heteroatoms. The standard InChI is InChI=1S/C17H17N3O3/c1-11(13-5-3-7-15(9-13)18-12(2)21)19-20-17(23)14-6-4-8-16(22)10-14/h3-10,22H,1-2H3,(H,18,21)(H,20,23)/b19-11+. The molecule has 23 heavy (non-hydrogen) atoms. The Hall–Kier alpha value is -3.15. The first-order valence-corrected chi connectivity index (χ1v) is 6.97. The smallest absolute Gasteiger partial charge is 0.271 e. The average molecular weight is 311 g/mol. The number of hydrogen-bond donors (Lipinski definition) is 3. The second kappa shape index (κ2) is 7.22. The summed E-state index contributed by atoms with van der Waals surface area (Å²) in [7, 11) is 0. The molecule has 2 aromatic rings. The summed E-state index contributed by atoms with van der Waals surface area (Å²) in [5.41, 5.74) is 4.76. The van der Waals surface area contributed by atoms with E-state index >= 15 is 0 Å². The van der Waals surface area contributed by atoms with Crippen molar-refractivity contribution in [3.05, 3.63) is 59.7 Å². The quantitative estimate of drug-likeness (QED) is 0.598. The summed E-state index contributed by atoms with van der Waals surface area (Å²) < 4.78 is 0. The van der Waals surface area contributed by atoms with Gasteiger partial charge in [0.2, 0.25) is 5.91 Å². The van der Waals surface area contributed by atoms with Crippen molar-refractivity contribution in [2.75, 3.05) is 5.32 Å². The lowest BCUT2D eigenvalue weighted by Crippen LogP contribution is -2.19. The van der Waals surface area contributed by atoms with Gasteiger partial charge in [-0.05, 0) is 42.8 Å². The third-order valence-corrected chi connectivity index (χ3v) is 3.03. The van der Waals surface area contributed by atoms with Crippen LogP contribution < -0.4 is 10.7 Å². The van der Waals surface area contributed by atoms with E-state index in [0.29, 0.717) is 17.0 Å². The Balaban J connectivity index is 2.10. The molecular weight excluding hydrogens is 294 g/mol. The van der Waals surface area contributed by atoms with Crippen LogP contribution in [-0.4, -0.2) is 22.6 Å². The van der Waals surface area contributed by atoms with Crippen molar-refractivity contribution in [1.82, 2.24) is 5.43 Å². The van der Waals surface area contributed by atoms with Crippen LogP contribution in [0.15, 0.2) is 53.6 Å². The highest BCUT2D eigenvalue weighted by Gasteiger charge is 2.06. The number of rotatable bonds is 4. The third-order valence-electron chi connectivity index (χ3n) is 3.03. The average Bonchev–Trinajstić information content (AvgIpc) is 2.52. The fourth-order valence-corrected chi connectivity index (χ4v) is 1.94. The van der Waals surface area contributed by atoms with Crippen LogP contribution in [0, 0.1) is 0 Å². The van der Waals surface area contributed by atoms with Gasteiger partial charge in [0.25, 0.3) is 5.91 Å². The number of benzene rings is 2. The summed E-state index contributed by atoms with van der Waals surface area (Å²) in [6, 6.07) is 13.1. The molecule has 118 valence electrons. The molecule has 0 saturated carbocycles. The summed E-state index contributed by atoms with van der Waals surface area (Å²) in [6.07, 6.45) is 0. The van der Waals surface area contributed by atoms with E-state index in [1.807, 2.05) is 6.07 Å². The number of hydrazone groups is 1. The van der Waals surface area contributed by atoms with Gasteiger partial charge in [0, 0.05) is 18.2 Å². The van der Waals surface area contributed by atoms with E-state index in [4.69, 9.17) is 0 Å². The molecule has 0 aromatic heterocycles. The summed E-state index contributed by atoms with van der Waals surface area (Å²) in [5.74, 6) is -0.562. The van der Waals surface area contributed by atoms with Crippen molar-refractivity contribution < 1.29 is 14.7 Å². The van der Waals surface area contributed by atoms with E-state index in [-0.39, 0.29) is 11.7 Å². The Morgan fingerprint density at radius 2 is 1.70 bits per heavy atom. The molecule has 0 fully saturated rings. The number of carbonyl (C=O) groups is 2. The van der Waals surface area contributed by atoms with E-state index in [0.717, 1.165) is 5.56 Å². The van der Waals surface area contributed by atoms with Crippen molar-refractivity contribution in [2.45, 2.75) is 13.8 Å². The molecule has 2 rings (SSSR count). The molecule has 2 amide bonds. The molecule has 2 aromatic carbocycles. The fraction of sp³-hybridized carbons (Fsp3) is 0.118. The van der Waals surface area contributed by atoms with Crippen LogP contribution >= 0.6 is 0 Å². The molecule has 0 bridgehead atoms. The number of hydrogen-bond acceptors (Lipinski definition) is 4. The molecule has 0 aliphatic rings. The van der Waals surface area contributed by atoms with Crippen molar-refractivity contribution >= 4 is 23.2 Å². The molecule has 0 spiro atoms. The zero-order valence-corrected chi connectivity index (χ0v) is 12.8. The first-order chi connectivity index (χ1) is 11.0. The first-order valence-electron chi connectivity index (χ1n) is 6.97. The molecule has 0 saturated heterocycles. The molecule has 6 nitrogen and oxygen atoms in total. The van der Waals surface area contributed by atoms with Crippen LogP contribution in [0.5, 0.6) is 5.75 Å². The van der Waals surface area contributed by atoms with Gasteiger partial charge >= 0.3 is 0 Å². The van der Waals surface area contributed by atoms with Crippen molar-refractivity contribution in [2.24, 2.45) is 5.10 Å². The zero-order chi connectivity index (χ0) is 16.8. The van der Waals surface area contributed by atoms with Crippen molar-refractivity contribution in [3.63, 3.8) is 0 Å². The number of carbonyl (C=O) groups excluding carboxylic acids is 2. The van der Waals surface area contributed by atoms with Crippen LogP contribution in [-0.2, 0) is 4.79 Å². The topological polar surface area (TPSA) is 90.8 Å². The summed E-state index contributed by atoms with van der Waals surface area (Å²) in [4.78, 5) is 23.0. The number of nitrogens with zero attached hydrogens (tertiary/aromatic N) is 1. The Labute approximate surface area is 133 Å². The third kappa shape index (κ3) is 4.67. The maximum Gasteiger partial charge on any atom is 0.271 e. The van der Waals surface area contributed by atoms with E-state index < -0.39 is 5.91 Å². The minimum atomic E-state index is -0.418. The van der Waals surface area contributed by atoms with Gasteiger partial charge in [-0.3, -0.25) is 9.59 Å². The molecule has 0 radical (unpaired) electrons. The Morgan fingerprint density at radius 1 is 1.00 bits per heavy atom. The Bertz CT molecular complexity index is 769. The maximum atomic E-state index is 12.0. The molecule has 0 aliphatic carbocycles. The maximum absolute atomic E-state index is 12.0. The van der Waals surface area contributed by atoms with Crippen LogP contribution in [0.1, 0.15) is 29.8 Å². The minimum absolute atomic E-state index is 0.0151.